The SMILES string of the molecule is Cc1cccc(CN2CC(=Cc3ccc(C(=O)Nc4ccccc4C)cc3)C2)n1. The standard InChI is InChI=1S/C25H25N3O/c1-18-6-3-4-9-24(18)27-25(29)22-12-10-20(11-13-22)14-21-15-28(16-21)17-23-8-5-7-19(2)26-23/h3-14H,15-17H2,1-2H3,(H,27,29). The highest BCUT2D eigenvalue weighted by Crippen LogP contribution is 2.21. The van der Waals surface area contributed by atoms with E-state index >= 15 is 0 Å². The summed E-state index contributed by atoms with van der Waals surface area (Å²) >= 11 is 0. The summed E-state index contributed by atoms with van der Waals surface area (Å²) < 4.78 is 0. The third kappa shape index (κ3) is 4.79. The van der Waals surface area contributed by atoms with E-state index in [9.17, 15) is 4.79 Å². The van der Waals surface area contributed by atoms with Crippen LogP contribution in [0.5, 0.6) is 0 Å². The number of carbonyl (C=O) groups is 1. The maximum absolute atomic E-state index is 12.5. The van der Waals surface area contributed by atoms with Gasteiger partial charge in [0, 0.05) is 36.6 Å². The Kier molecular flexibility index (Phi) is 5.54. The van der Waals surface area contributed by atoms with Gasteiger partial charge in [-0.05, 0) is 60.9 Å². The van der Waals surface area contributed by atoms with Crippen LogP contribution in [0.3, 0.4) is 0 Å². The van der Waals surface area contributed by atoms with Gasteiger partial charge < -0.3 is 5.32 Å². The van der Waals surface area contributed by atoms with E-state index in [0.717, 1.165) is 47.8 Å². The second kappa shape index (κ2) is 8.41. The monoisotopic (exact) mass is 383 g/mol. The lowest BCUT2D eigenvalue weighted by atomic mass is 10.0. The van der Waals surface area contributed by atoms with Crippen molar-refractivity contribution in [2.45, 2.75) is 20.4 Å². The van der Waals surface area contributed by atoms with Crippen LogP contribution in [0.15, 0.2) is 72.3 Å². The van der Waals surface area contributed by atoms with E-state index in [1.54, 1.807) is 0 Å². The smallest absolute Gasteiger partial charge is 0.255 e. The van der Waals surface area contributed by atoms with Crippen LogP contribution in [-0.4, -0.2) is 28.9 Å². The molecular weight excluding hydrogens is 358 g/mol. The summed E-state index contributed by atoms with van der Waals surface area (Å²) in [7, 11) is 0. The Morgan fingerprint density at radius 1 is 1.00 bits per heavy atom. The minimum atomic E-state index is -0.0843. The van der Waals surface area contributed by atoms with Crippen molar-refractivity contribution in [3.8, 4) is 0 Å². The van der Waals surface area contributed by atoms with Crippen molar-refractivity contribution < 1.29 is 4.79 Å². The highest BCUT2D eigenvalue weighted by atomic mass is 16.1. The van der Waals surface area contributed by atoms with Crippen molar-refractivity contribution in [1.82, 2.24) is 9.88 Å². The zero-order chi connectivity index (χ0) is 20.2. The van der Waals surface area contributed by atoms with Gasteiger partial charge in [-0.3, -0.25) is 14.7 Å². The fraction of sp³-hybridized carbons (Fsp3) is 0.200. The molecule has 1 N–H and O–H groups in total. The van der Waals surface area contributed by atoms with Crippen LogP contribution in [0.1, 0.15) is 32.9 Å². The van der Waals surface area contributed by atoms with Crippen molar-refractivity contribution in [2.75, 3.05) is 18.4 Å². The molecule has 4 heteroatoms. The number of aryl methyl sites for hydroxylation is 2. The minimum absolute atomic E-state index is 0.0843. The second-order valence-electron chi connectivity index (χ2n) is 7.61. The van der Waals surface area contributed by atoms with Crippen molar-refractivity contribution in [1.29, 1.82) is 0 Å². The van der Waals surface area contributed by atoms with Crippen LogP contribution in [0.4, 0.5) is 5.69 Å². The summed E-state index contributed by atoms with van der Waals surface area (Å²) in [5.41, 5.74) is 7.27. The normalized spacial score (nSPS) is 13.7. The van der Waals surface area contributed by atoms with Crippen molar-refractivity contribution in [3.63, 3.8) is 0 Å². The van der Waals surface area contributed by atoms with Gasteiger partial charge in [-0.1, -0.05) is 42.5 Å². The quantitative estimate of drug-likeness (QED) is 0.685. The molecule has 1 aliphatic heterocycles. The number of hydrogen-bond acceptors (Lipinski definition) is 3. The van der Waals surface area contributed by atoms with Crippen LogP contribution >= 0.6 is 0 Å². The number of anilines is 1. The summed E-state index contributed by atoms with van der Waals surface area (Å²) in [5.74, 6) is -0.0843. The highest BCUT2D eigenvalue weighted by Gasteiger charge is 2.20. The number of hydrogen-bond donors (Lipinski definition) is 1. The molecule has 1 aliphatic rings. The van der Waals surface area contributed by atoms with E-state index in [1.807, 2.05) is 68.4 Å². The molecule has 0 aliphatic carbocycles. The highest BCUT2D eigenvalue weighted by molar-refractivity contribution is 6.04. The molecule has 2 heterocycles. The minimum Gasteiger partial charge on any atom is -0.322 e. The number of aromatic nitrogens is 1. The van der Waals surface area contributed by atoms with Crippen molar-refractivity contribution >= 4 is 17.7 Å². The molecular formula is C25H25N3O. The Labute approximate surface area is 171 Å². The predicted molar refractivity (Wildman–Crippen MR) is 118 cm³/mol. The average molecular weight is 383 g/mol. The van der Waals surface area contributed by atoms with Gasteiger partial charge in [0.2, 0.25) is 0 Å². The van der Waals surface area contributed by atoms with Crippen LogP contribution < -0.4 is 5.32 Å². The number of benzene rings is 2. The lowest BCUT2D eigenvalue weighted by Gasteiger charge is -2.33. The Bertz CT molecular complexity index is 1050. The molecule has 1 fully saturated rings. The van der Waals surface area contributed by atoms with E-state index in [1.165, 1.54) is 5.57 Å². The van der Waals surface area contributed by atoms with Gasteiger partial charge in [-0.25, -0.2) is 0 Å². The van der Waals surface area contributed by atoms with E-state index in [4.69, 9.17) is 0 Å². The molecule has 4 rings (SSSR count). The Morgan fingerprint density at radius 2 is 1.76 bits per heavy atom. The van der Waals surface area contributed by atoms with Gasteiger partial charge in [-0.15, -0.1) is 0 Å². The number of nitrogens with zero attached hydrogens (tertiary/aromatic N) is 2. The molecule has 1 aromatic heterocycles. The lowest BCUT2D eigenvalue weighted by molar-refractivity contribution is 0.102. The summed E-state index contributed by atoms with van der Waals surface area (Å²) in [6.07, 6.45) is 2.21. The number of carbonyl (C=O) groups excluding carboxylic acids is 1. The first-order valence-corrected chi connectivity index (χ1v) is 9.88. The summed E-state index contributed by atoms with van der Waals surface area (Å²) in [5, 5.41) is 2.98. The third-order valence-electron chi connectivity index (χ3n) is 5.12. The second-order valence-corrected chi connectivity index (χ2v) is 7.61. The van der Waals surface area contributed by atoms with E-state index < -0.39 is 0 Å². The topological polar surface area (TPSA) is 45.2 Å². The molecule has 1 amide bonds. The predicted octanol–water partition coefficient (Wildman–Crippen LogP) is 4.85. The molecule has 3 aromatic rings. The van der Waals surface area contributed by atoms with Gasteiger partial charge in [0.05, 0.1) is 5.69 Å². The fourth-order valence-corrected chi connectivity index (χ4v) is 3.52. The Balaban J connectivity index is 1.33. The van der Waals surface area contributed by atoms with Crippen molar-refractivity contribution in [3.05, 3.63) is 100 Å². The first kappa shape index (κ1) is 19.1. The van der Waals surface area contributed by atoms with Gasteiger partial charge in [-0.2, -0.15) is 0 Å². The Morgan fingerprint density at radius 3 is 2.48 bits per heavy atom. The number of amides is 1. The molecule has 0 saturated carbocycles. The maximum atomic E-state index is 12.5. The van der Waals surface area contributed by atoms with Crippen LogP contribution in [0, 0.1) is 13.8 Å². The van der Waals surface area contributed by atoms with Gasteiger partial charge >= 0.3 is 0 Å². The molecule has 29 heavy (non-hydrogen) atoms. The van der Waals surface area contributed by atoms with E-state index in [-0.39, 0.29) is 5.91 Å². The third-order valence-corrected chi connectivity index (χ3v) is 5.12. The number of para-hydroxylation sites is 1. The summed E-state index contributed by atoms with van der Waals surface area (Å²) in [6.45, 7) is 6.82. The van der Waals surface area contributed by atoms with Crippen LogP contribution in [0.2, 0.25) is 0 Å². The summed E-state index contributed by atoms with van der Waals surface area (Å²) in [4.78, 5) is 19.4. The van der Waals surface area contributed by atoms with Gasteiger partial charge in [0.25, 0.3) is 5.91 Å². The average Bonchev–Trinajstić information content (AvgIpc) is 2.68. The molecule has 0 atom stereocenters. The zero-order valence-corrected chi connectivity index (χ0v) is 16.9. The summed E-state index contributed by atoms with van der Waals surface area (Å²) in [6, 6.07) is 21.7. The number of likely N-dealkylation sites (tertiary alicyclic amines) is 1. The van der Waals surface area contributed by atoms with Crippen molar-refractivity contribution in [2.24, 2.45) is 0 Å². The van der Waals surface area contributed by atoms with E-state index in [2.05, 4.69) is 33.4 Å². The number of nitrogens with one attached hydrogen (secondary N) is 1. The molecule has 0 bridgehead atoms. The number of pyridine rings is 1. The molecule has 1 saturated heterocycles. The lowest BCUT2D eigenvalue weighted by Crippen LogP contribution is -2.39. The molecule has 146 valence electrons. The fourth-order valence-electron chi connectivity index (χ4n) is 3.52. The van der Waals surface area contributed by atoms with E-state index in [0.29, 0.717) is 5.56 Å². The Hall–Kier alpha value is -3.24. The first-order valence-electron chi connectivity index (χ1n) is 9.88. The first-order chi connectivity index (χ1) is 14.1. The zero-order valence-electron chi connectivity index (χ0n) is 16.9. The molecule has 0 unspecified atom stereocenters. The maximum Gasteiger partial charge on any atom is 0.255 e. The van der Waals surface area contributed by atoms with Gasteiger partial charge in [0.15, 0.2) is 0 Å². The largest absolute Gasteiger partial charge is 0.322 e. The molecule has 0 radical (unpaired) electrons. The van der Waals surface area contributed by atoms with Gasteiger partial charge in [0.1, 0.15) is 0 Å². The molecule has 4 nitrogen and oxygen atoms in total. The number of rotatable bonds is 5. The van der Waals surface area contributed by atoms with Crippen LogP contribution in [-0.2, 0) is 6.54 Å². The van der Waals surface area contributed by atoms with Crippen LogP contribution in [0.25, 0.3) is 6.08 Å². The molecule has 0 spiro atoms. The molecule has 2 aromatic carbocycles.